The number of aryl methyl sites for hydroxylation is 1. The number of nitrogens with zero attached hydrogens (tertiary/aromatic N) is 1. The number of hydrogen-bond acceptors (Lipinski definition) is 4. The molecule has 2 rings (SSSR count). The first-order chi connectivity index (χ1) is 10.1. The van der Waals surface area contributed by atoms with Crippen molar-refractivity contribution in [2.75, 3.05) is 5.32 Å². The van der Waals surface area contributed by atoms with Gasteiger partial charge < -0.3 is 10.4 Å². The molecule has 5 nitrogen and oxygen atoms in total. The Hall–Kier alpha value is -1.43. The van der Waals surface area contributed by atoms with Gasteiger partial charge in [0.15, 0.2) is 0 Å². The molecule has 116 valence electrons. The van der Waals surface area contributed by atoms with E-state index in [9.17, 15) is 9.59 Å². The second kappa shape index (κ2) is 7.54. The number of carboxylic acids is 1. The Balaban J connectivity index is 1.78. The average molecular weight is 310 g/mol. The van der Waals surface area contributed by atoms with Crippen molar-refractivity contribution in [3.63, 3.8) is 0 Å². The van der Waals surface area contributed by atoms with Crippen molar-refractivity contribution in [2.45, 2.75) is 58.3 Å². The van der Waals surface area contributed by atoms with Crippen molar-refractivity contribution in [1.29, 1.82) is 0 Å². The predicted octanol–water partition coefficient (Wildman–Crippen LogP) is 3.84. The van der Waals surface area contributed by atoms with E-state index < -0.39 is 5.97 Å². The minimum absolute atomic E-state index is 0.112. The molecule has 0 saturated heterocycles. The summed E-state index contributed by atoms with van der Waals surface area (Å²) in [4.78, 5) is 23.0. The van der Waals surface area contributed by atoms with Crippen molar-refractivity contribution in [3.8, 4) is 0 Å². The number of carboxylic acid groups (broad SMARTS) is 1. The molecule has 1 aromatic rings. The normalized spacial score (nSPS) is 15.9. The highest BCUT2D eigenvalue weighted by Gasteiger charge is 2.19. The van der Waals surface area contributed by atoms with Crippen molar-refractivity contribution in [2.24, 2.45) is 5.92 Å². The summed E-state index contributed by atoms with van der Waals surface area (Å²) >= 11 is 1.03. The molecular weight excluding hydrogens is 288 g/mol. The zero-order valence-electron chi connectivity index (χ0n) is 12.4. The minimum atomic E-state index is -1.04. The first-order valence-corrected chi connectivity index (χ1v) is 8.34. The van der Waals surface area contributed by atoms with Crippen LogP contribution in [0.1, 0.15) is 67.4 Å². The Morgan fingerprint density at radius 3 is 2.71 bits per heavy atom. The van der Waals surface area contributed by atoms with Gasteiger partial charge in [0.2, 0.25) is 5.91 Å². The number of carbonyl (C=O) groups is 2. The number of rotatable bonds is 6. The van der Waals surface area contributed by atoms with Crippen LogP contribution in [0.4, 0.5) is 5.00 Å². The van der Waals surface area contributed by atoms with Crippen molar-refractivity contribution in [3.05, 3.63) is 11.3 Å². The fourth-order valence-electron chi connectivity index (χ4n) is 2.92. The maximum absolute atomic E-state index is 11.9. The average Bonchev–Trinajstić information content (AvgIpc) is 2.81. The Bertz CT molecular complexity index is 507. The van der Waals surface area contributed by atoms with Gasteiger partial charge >= 0.3 is 5.97 Å². The molecule has 1 fully saturated rings. The molecule has 0 aromatic carbocycles. The molecule has 0 atom stereocenters. The smallest absolute Gasteiger partial charge is 0.340 e. The van der Waals surface area contributed by atoms with Crippen LogP contribution >= 0.6 is 11.5 Å². The first kappa shape index (κ1) is 15.9. The molecule has 1 aliphatic carbocycles. The lowest BCUT2D eigenvalue weighted by Gasteiger charge is -2.21. The highest BCUT2D eigenvalue weighted by atomic mass is 32.1. The number of carbonyl (C=O) groups excluding carboxylic acids is 1. The van der Waals surface area contributed by atoms with Crippen LogP contribution in [0.5, 0.6) is 0 Å². The second-order valence-electron chi connectivity index (χ2n) is 5.72. The van der Waals surface area contributed by atoms with E-state index in [2.05, 4.69) is 9.69 Å². The highest BCUT2D eigenvalue weighted by Crippen LogP contribution is 2.28. The monoisotopic (exact) mass is 310 g/mol. The maximum Gasteiger partial charge on any atom is 0.340 e. The summed E-state index contributed by atoms with van der Waals surface area (Å²) in [5, 5.41) is 12.1. The van der Waals surface area contributed by atoms with Crippen LogP contribution < -0.4 is 5.32 Å². The van der Waals surface area contributed by atoms with Crippen LogP contribution in [-0.4, -0.2) is 21.4 Å². The molecule has 1 aromatic heterocycles. The summed E-state index contributed by atoms with van der Waals surface area (Å²) < 4.78 is 3.99. The van der Waals surface area contributed by atoms with Gasteiger partial charge in [0, 0.05) is 6.42 Å². The molecular formula is C15H22N2O3S. The fraction of sp³-hybridized carbons (Fsp3) is 0.667. The van der Waals surface area contributed by atoms with Gasteiger partial charge in [-0.2, -0.15) is 4.37 Å². The van der Waals surface area contributed by atoms with Gasteiger partial charge in [-0.1, -0.05) is 32.1 Å². The lowest BCUT2D eigenvalue weighted by atomic mass is 9.86. The largest absolute Gasteiger partial charge is 0.478 e. The summed E-state index contributed by atoms with van der Waals surface area (Å²) in [6.07, 6.45) is 8.99. The topological polar surface area (TPSA) is 79.3 Å². The van der Waals surface area contributed by atoms with Gasteiger partial charge in [0.1, 0.15) is 10.6 Å². The molecule has 1 saturated carbocycles. The third-order valence-corrected chi connectivity index (χ3v) is 4.92. The zero-order valence-corrected chi connectivity index (χ0v) is 13.2. The Kier molecular flexibility index (Phi) is 5.73. The van der Waals surface area contributed by atoms with E-state index in [0.29, 0.717) is 17.1 Å². The summed E-state index contributed by atoms with van der Waals surface area (Å²) in [6, 6.07) is 0. The van der Waals surface area contributed by atoms with Crippen LogP contribution in [0.2, 0.25) is 0 Å². The van der Waals surface area contributed by atoms with E-state index in [4.69, 9.17) is 5.11 Å². The molecule has 0 spiro atoms. The molecule has 6 heteroatoms. The fourth-order valence-corrected chi connectivity index (χ4v) is 3.73. The molecule has 0 unspecified atom stereocenters. The second-order valence-corrected chi connectivity index (χ2v) is 6.50. The molecule has 0 aliphatic heterocycles. The lowest BCUT2D eigenvalue weighted by Crippen LogP contribution is -2.14. The summed E-state index contributed by atoms with van der Waals surface area (Å²) in [5.41, 5.74) is 0.561. The highest BCUT2D eigenvalue weighted by molar-refractivity contribution is 7.11. The van der Waals surface area contributed by atoms with E-state index in [1.54, 1.807) is 6.92 Å². The quantitative estimate of drug-likeness (QED) is 0.836. The van der Waals surface area contributed by atoms with Crippen LogP contribution in [0, 0.1) is 12.8 Å². The Morgan fingerprint density at radius 1 is 1.33 bits per heavy atom. The summed E-state index contributed by atoms with van der Waals surface area (Å²) in [5.74, 6) is -0.387. The number of nitrogens with one attached hydrogen (secondary N) is 1. The van der Waals surface area contributed by atoms with E-state index in [0.717, 1.165) is 30.3 Å². The van der Waals surface area contributed by atoms with Crippen LogP contribution in [0.15, 0.2) is 0 Å². The van der Waals surface area contributed by atoms with Gasteiger partial charge in [-0.05, 0) is 37.2 Å². The Morgan fingerprint density at radius 2 is 2.05 bits per heavy atom. The SMILES string of the molecule is Cc1nsc(NC(=O)CCCC2CCCCC2)c1C(=O)O. The third-order valence-electron chi connectivity index (χ3n) is 4.07. The third kappa shape index (κ3) is 4.52. The van der Waals surface area contributed by atoms with Gasteiger partial charge in [-0.15, -0.1) is 0 Å². The number of hydrogen-bond donors (Lipinski definition) is 2. The van der Waals surface area contributed by atoms with Gasteiger partial charge in [0.05, 0.1) is 5.69 Å². The molecule has 1 heterocycles. The maximum atomic E-state index is 11.9. The summed E-state index contributed by atoms with van der Waals surface area (Å²) in [6.45, 7) is 1.64. The van der Waals surface area contributed by atoms with E-state index in [-0.39, 0.29) is 11.5 Å². The molecule has 1 amide bonds. The predicted molar refractivity (Wildman–Crippen MR) is 82.9 cm³/mol. The van der Waals surface area contributed by atoms with Crippen LogP contribution in [-0.2, 0) is 4.79 Å². The van der Waals surface area contributed by atoms with Gasteiger partial charge in [-0.3, -0.25) is 4.79 Å². The summed E-state index contributed by atoms with van der Waals surface area (Å²) in [7, 11) is 0. The molecule has 1 aliphatic rings. The van der Waals surface area contributed by atoms with Crippen LogP contribution in [0.3, 0.4) is 0 Å². The van der Waals surface area contributed by atoms with Gasteiger partial charge in [0.25, 0.3) is 0 Å². The lowest BCUT2D eigenvalue weighted by molar-refractivity contribution is -0.116. The van der Waals surface area contributed by atoms with E-state index >= 15 is 0 Å². The van der Waals surface area contributed by atoms with E-state index in [1.165, 1.54) is 32.1 Å². The van der Waals surface area contributed by atoms with E-state index in [1.807, 2.05) is 0 Å². The Labute approximate surface area is 128 Å². The van der Waals surface area contributed by atoms with Crippen molar-refractivity contribution >= 4 is 28.4 Å². The van der Waals surface area contributed by atoms with Crippen LogP contribution in [0.25, 0.3) is 0 Å². The number of anilines is 1. The van der Waals surface area contributed by atoms with Crippen molar-refractivity contribution < 1.29 is 14.7 Å². The zero-order chi connectivity index (χ0) is 15.2. The number of aromatic carboxylic acids is 1. The number of amides is 1. The molecule has 21 heavy (non-hydrogen) atoms. The molecule has 2 N–H and O–H groups in total. The number of aromatic nitrogens is 1. The van der Waals surface area contributed by atoms with Crippen molar-refractivity contribution in [1.82, 2.24) is 4.37 Å². The standard InChI is InChI=1S/C15H22N2O3S/c1-10-13(15(19)20)14(21-17-10)16-12(18)9-5-8-11-6-3-2-4-7-11/h11H,2-9H2,1H3,(H,16,18)(H,19,20). The minimum Gasteiger partial charge on any atom is -0.478 e. The first-order valence-electron chi connectivity index (χ1n) is 7.57. The molecule has 0 radical (unpaired) electrons. The molecule has 0 bridgehead atoms. The van der Waals surface area contributed by atoms with Gasteiger partial charge in [-0.25, -0.2) is 4.79 Å².